The third-order valence-electron chi connectivity index (χ3n) is 5.65. The number of amides is 2. The van der Waals surface area contributed by atoms with Crippen LogP contribution in [0.5, 0.6) is 0 Å². The van der Waals surface area contributed by atoms with E-state index in [4.69, 9.17) is 26.5 Å². The molecule has 0 spiro atoms. The Balaban J connectivity index is 0.000000249. The summed E-state index contributed by atoms with van der Waals surface area (Å²) >= 11 is 1.46. The number of thiazole rings is 1. The number of halogens is 3. The summed E-state index contributed by atoms with van der Waals surface area (Å²) in [6.07, 6.45) is -1.83. The Bertz CT molecular complexity index is 1360. The van der Waals surface area contributed by atoms with E-state index < -0.39 is 30.6 Å². The van der Waals surface area contributed by atoms with Gasteiger partial charge < -0.3 is 21.7 Å². The maximum absolute atomic E-state index is 12.6. The van der Waals surface area contributed by atoms with Crippen molar-refractivity contribution in [3.63, 3.8) is 0 Å². The van der Waals surface area contributed by atoms with Crippen LogP contribution in [0.4, 0.5) is 18.9 Å². The molecule has 4 rings (SSSR count). The van der Waals surface area contributed by atoms with E-state index in [1.54, 1.807) is 42.5 Å². The molecule has 14 heteroatoms. The largest absolute Gasteiger partial charge is 0.490 e. The third kappa shape index (κ3) is 10.3. The molecule has 2 aromatic carbocycles. The highest BCUT2D eigenvalue weighted by Crippen LogP contribution is 2.29. The van der Waals surface area contributed by atoms with E-state index in [-0.39, 0.29) is 5.91 Å². The minimum atomic E-state index is -5.08. The van der Waals surface area contributed by atoms with Crippen LogP contribution in [0.25, 0.3) is 0 Å². The average molecular weight is 595 g/mol. The van der Waals surface area contributed by atoms with Gasteiger partial charge in [-0.05, 0) is 55.0 Å². The van der Waals surface area contributed by atoms with Crippen LogP contribution in [0.3, 0.4) is 0 Å². The number of carbonyl (C=O) groups is 4. The molecule has 0 saturated heterocycles. The van der Waals surface area contributed by atoms with E-state index in [1.807, 2.05) is 12.1 Å². The summed E-state index contributed by atoms with van der Waals surface area (Å²) in [6, 6.07) is 15.6. The summed E-state index contributed by atoms with van der Waals surface area (Å²) in [5, 5.41) is 16.6. The number of aromatic nitrogens is 1. The molecule has 0 aliphatic heterocycles. The molecule has 41 heavy (non-hydrogen) atoms. The second-order valence-corrected chi connectivity index (χ2v) is 10.0. The number of carboxylic acids is 2. The van der Waals surface area contributed by atoms with Gasteiger partial charge in [-0.2, -0.15) is 13.2 Å². The fraction of sp³-hybridized carbons (Fsp3) is 0.296. The van der Waals surface area contributed by atoms with Crippen molar-refractivity contribution in [1.29, 1.82) is 0 Å². The molecule has 1 aliphatic carbocycles. The number of anilines is 1. The number of aryl methyl sites for hydroxylation is 1. The van der Waals surface area contributed by atoms with Crippen molar-refractivity contribution in [3.8, 4) is 0 Å². The van der Waals surface area contributed by atoms with Crippen molar-refractivity contribution in [2.45, 2.75) is 38.9 Å². The van der Waals surface area contributed by atoms with Gasteiger partial charge in [-0.1, -0.05) is 37.3 Å². The van der Waals surface area contributed by atoms with E-state index in [0.29, 0.717) is 28.7 Å². The smallest absolute Gasteiger partial charge is 0.480 e. The SMILES string of the molecule is CC1CCc2sc(C(N)=O)nc2C1.NCc1cccc(C(=O)N(CC(=O)O)c2ccccc2)c1.O=C(O)C(F)(F)F. The number of nitrogens with two attached hydrogens (primary N) is 2. The molecule has 6 N–H and O–H groups in total. The van der Waals surface area contributed by atoms with Crippen molar-refractivity contribution < 1.29 is 42.6 Å². The number of para-hydroxylation sites is 1. The maximum atomic E-state index is 12.6. The lowest BCUT2D eigenvalue weighted by molar-refractivity contribution is -0.192. The zero-order valence-electron chi connectivity index (χ0n) is 21.9. The molecular formula is C27H29F3N4O6S. The van der Waals surface area contributed by atoms with Crippen molar-refractivity contribution >= 4 is 40.8 Å². The highest BCUT2D eigenvalue weighted by atomic mass is 32.1. The Labute approximate surface area is 237 Å². The predicted molar refractivity (Wildman–Crippen MR) is 146 cm³/mol. The predicted octanol–water partition coefficient (Wildman–Crippen LogP) is 3.88. The highest BCUT2D eigenvalue weighted by Gasteiger charge is 2.38. The fourth-order valence-corrected chi connectivity index (χ4v) is 4.62. The fourth-order valence-electron chi connectivity index (χ4n) is 3.66. The number of fused-ring (bicyclic) bond motifs is 1. The summed E-state index contributed by atoms with van der Waals surface area (Å²) in [6.45, 7) is 2.15. The molecule has 1 aromatic heterocycles. The highest BCUT2D eigenvalue weighted by molar-refractivity contribution is 7.13. The Morgan fingerprint density at radius 3 is 2.24 bits per heavy atom. The molecule has 1 unspecified atom stereocenters. The number of hydrogen-bond donors (Lipinski definition) is 4. The molecule has 0 saturated carbocycles. The topological polar surface area (TPSA) is 177 Å². The molecule has 10 nitrogen and oxygen atoms in total. The summed E-state index contributed by atoms with van der Waals surface area (Å²) in [5.74, 6) is -3.89. The van der Waals surface area contributed by atoms with Gasteiger partial charge in [0.1, 0.15) is 6.54 Å². The van der Waals surface area contributed by atoms with Crippen LogP contribution in [-0.4, -0.2) is 51.7 Å². The average Bonchev–Trinajstić information content (AvgIpc) is 3.36. The Morgan fingerprint density at radius 2 is 1.71 bits per heavy atom. The standard InChI is InChI=1S/C16H16N2O3.C9H12N2OS.C2HF3O2/c17-10-12-5-4-6-13(9-12)16(21)18(11-15(19)20)14-7-2-1-3-8-14;1-5-2-3-7-6(4-5)11-9(13-7)8(10)12;3-2(4,5)1(6)7/h1-9H,10-11,17H2,(H,19,20);5H,2-4H2,1H3,(H2,10,12);(H,6,7). The van der Waals surface area contributed by atoms with Crippen LogP contribution in [0.15, 0.2) is 54.6 Å². The first-order chi connectivity index (χ1) is 19.2. The van der Waals surface area contributed by atoms with E-state index in [9.17, 15) is 27.6 Å². The summed E-state index contributed by atoms with van der Waals surface area (Å²) in [5.41, 5.74) is 13.6. The molecule has 0 bridgehead atoms. The minimum Gasteiger partial charge on any atom is -0.480 e. The number of rotatable bonds is 6. The summed E-state index contributed by atoms with van der Waals surface area (Å²) in [4.78, 5) is 50.1. The number of carboxylic acid groups (broad SMARTS) is 2. The van der Waals surface area contributed by atoms with Gasteiger partial charge in [0, 0.05) is 22.7 Å². The molecule has 1 heterocycles. The van der Waals surface area contributed by atoms with Crippen LogP contribution in [0, 0.1) is 5.92 Å². The second kappa shape index (κ2) is 14.9. The first kappa shape index (κ1) is 32.9. The van der Waals surface area contributed by atoms with Crippen molar-refractivity contribution in [2.75, 3.05) is 11.4 Å². The van der Waals surface area contributed by atoms with Gasteiger partial charge in [0.2, 0.25) is 0 Å². The number of nitrogens with zero attached hydrogens (tertiary/aromatic N) is 2. The lowest BCUT2D eigenvalue weighted by Crippen LogP contribution is -2.35. The second-order valence-electron chi connectivity index (χ2n) is 8.93. The number of aliphatic carboxylic acids is 2. The van der Waals surface area contributed by atoms with Gasteiger partial charge in [-0.15, -0.1) is 11.3 Å². The lowest BCUT2D eigenvalue weighted by Gasteiger charge is -2.21. The minimum absolute atomic E-state index is 0.325. The van der Waals surface area contributed by atoms with Gasteiger partial charge in [0.15, 0.2) is 5.01 Å². The van der Waals surface area contributed by atoms with Gasteiger partial charge in [-0.25, -0.2) is 9.78 Å². The van der Waals surface area contributed by atoms with Gasteiger partial charge in [0.05, 0.1) is 5.69 Å². The normalized spacial score (nSPS) is 13.8. The lowest BCUT2D eigenvalue weighted by atomic mass is 9.93. The number of hydrogen-bond acceptors (Lipinski definition) is 7. The Hall–Kier alpha value is -4.30. The summed E-state index contributed by atoms with van der Waals surface area (Å²) < 4.78 is 31.7. The molecule has 0 radical (unpaired) electrons. The number of alkyl halides is 3. The number of benzene rings is 2. The first-order valence-corrected chi connectivity index (χ1v) is 13.0. The van der Waals surface area contributed by atoms with Crippen molar-refractivity contribution in [2.24, 2.45) is 17.4 Å². The van der Waals surface area contributed by atoms with E-state index in [1.165, 1.54) is 27.5 Å². The zero-order chi connectivity index (χ0) is 30.7. The van der Waals surface area contributed by atoms with Crippen molar-refractivity contribution in [1.82, 2.24) is 4.98 Å². The van der Waals surface area contributed by atoms with Crippen LogP contribution in [-0.2, 0) is 29.0 Å². The molecule has 3 aromatic rings. The number of primary amides is 1. The van der Waals surface area contributed by atoms with Gasteiger partial charge in [0.25, 0.3) is 11.8 Å². The molecular weight excluding hydrogens is 565 g/mol. The van der Waals surface area contributed by atoms with Crippen LogP contribution in [0.2, 0.25) is 0 Å². The van der Waals surface area contributed by atoms with Gasteiger partial charge in [-0.3, -0.25) is 19.3 Å². The van der Waals surface area contributed by atoms with E-state index in [0.717, 1.165) is 24.1 Å². The monoisotopic (exact) mass is 594 g/mol. The van der Waals surface area contributed by atoms with E-state index in [2.05, 4.69) is 11.9 Å². The molecule has 0 fully saturated rings. The van der Waals surface area contributed by atoms with Gasteiger partial charge >= 0.3 is 18.1 Å². The Morgan fingerprint density at radius 1 is 1.07 bits per heavy atom. The molecule has 2 amide bonds. The van der Waals surface area contributed by atoms with Crippen LogP contribution >= 0.6 is 11.3 Å². The zero-order valence-corrected chi connectivity index (χ0v) is 22.7. The van der Waals surface area contributed by atoms with Crippen LogP contribution in [0.1, 0.15) is 49.6 Å². The van der Waals surface area contributed by atoms with E-state index >= 15 is 0 Å². The molecule has 220 valence electrons. The Kier molecular flexibility index (Phi) is 12.0. The first-order valence-electron chi connectivity index (χ1n) is 12.2. The van der Waals surface area contributed by atoms with Crippen LogP contribution < -0.4 is 16.4 Å². The summed E-state index contributed by atoms with van der Waals surface area (Å²) in [7, 11) is 0. The third-order valence-corrected chi connectivity index (χ3v) is 6.83. The molecule has 1 aliphatic rings. The van der Waals surface area contributed by atoms with Crippen molar-refractivity contribution in [3.05, 3.63) is 81.3 Å². The number of carbonyl (C=O) groups excluding carboxylic acids is 2. The maximum Gasteiger partial charge on any atom is 0.490 e. The molecule has 1 atom stereocenters. The quantitative estimate of drug-likeness (QED) is 0.332.